The Morgan fingerprint density at radius 1 is 1.28 bits per heavy atom. The predicted molar refractivity (Wildman–Crippen MR) is 113 cm³/mol. The van der Waals surface area contributed by atoms with Crippen molar-refractivity contribution in [2.75, 3.05) is 6.26 Å². The van der Waals surface area contributed by atoms with Crippen molar-refractivity contribution in [1.82, 2.24) is 14.5 Å². The van der Waals surface area contributed by atoms with Gasteiger partial charge in [-0.25, -0.2) is 14.0 Å². The first-order valence-electron chi connectivity index (χ1n) is 10.9. The predicted octanol–water partition coefficient (Wildman–Crippen LogP) is 4.57. The molecule has 1 unspecified atom stereocenters. The molecule has 1 amide bonds. The quantitative estimate of drug-likeness (QED) is 0.428. The molecule has 2 fully saturated rings. The third-order valence-corrected chi connectivity index (χ3v) is 7.52. The average molecular weight is 540 g/mol. The minimum absolute atomic E-state index is 0.261. The molecule has 15 heteroatoms. The van der Waals surface area contributed by atoms with Gasteiger partial charge in [-0.2, -0.15) is 36.2 Å². The van der Waals surface area contributed by atoms with Crippen molar-refractivity contribution < 1.29 is 40.6 Å². The summed E-state index contributed by atoms with van der Waals surface area (Å²) in [6.07, 6.45) is -7.21. The Morgan fingerprint density at radius 2 is 1.89 bits per heavy atom. The van der Waals surface area contributed by atoms with E-state index in [0.29, 0.717) is 17.6 Å². The molecular formula is C21H23F6N5O3S. The Bertz CT molecular complexity index is 1380. The number of alkyl halides is 6. The van der Waals surface area contributed by atoms with E-state index in [1.807, 2.05) is 0 Å². The molecule has 0 bridgehead atoms. The first kappa shape index (κ1) is 26.2. The highest BCUT2D eigenvalue weighted by Crippen LogP contribution is 2.54. The smallest absolute Gasteiger partial charge is 0.420 e. The van der Waals surface area contributed by atoms with Gasteiger partial charge in [0.15, 0.2) is 5.03 Å². The number of nitrogens with zero attached hydrogens (tertiary/aromatic N) is 4. The number of aromatic nitrogens is 3. The van der Waals surface area contributed by atoms with Crippen molar-refractivity contribution in [2.24, 2.45) is 16.3 Å². The maximum Gasteiger partial charge on any atom is 0.420 e. The van der Waals surface area contributed by atoms with Crippen molar-refractivity contribution in [3.05, 3.63) is 40.6 Å². The maximum atomic E-state index is 14.1. The van der Waals surface area contributed by atoms with Crippen LogP contribution in [0.15, 0.2) is 28.3 Å². The van der Waals surface area contributed by atoms with Gasteiger partial charge in [0.25, 0.3) is 5.91 Å². The highest BCUT2D eigenvalue weighted by molar-refractivity contribution is 7.91. The second-order valence-electron chi connectivity index (χ2n) is 9.82. The van der Waals surface area contributed by atoms with Crippen LogP contribution in [0.25, 0.3) is 0 Å². The summed E-state index contributed by atoms with van der Waals surface area (Å²) in [5, 5.41) is 13.1. The molecule has 36 heavy (non-hydrogen) atoms. The Balaban J connectivity index is 1.80. The van der Waals surface area contributed by atoms with E-state index in [-0.39, 0.29) is 30.4 Å². The molecule has 4 rings (SSSR count). The van der Waals surface area contributed by atoms with Crippen molar-refractivity contribution >= 4 is 15.6 Å². The lowest BCUT2D eigenvalue weighted by Crippen LogP contribution is -2.45. The fourth-order valence-electron chi connectivity index (χ4n) is 4.58. The zero-order valence-electron chi connectivity index (χ0n) is 19.2. The van der Waals surface area contributed by atoms with Gasteiger partial charge in [0.1, 0.15) is 11.3 Å². The zero-order chi connectivity index (χ0) is 26.8. The molecule has 2 aromatic rings. The summed E-state index contributed by atoms with van der Waals surface area (Å²) in [5.74, 6) is -3.43. The van der Waals surface area contributed by atoms with Gasteiger partial charge in [-0.3, -0.25) is 9.48 Å². The summed E-state index contributed by atoms with van der Waals surface area (Å²) in [6.45, 7) is 1.17. The molecule has 0 radical (unpaired) electrons. The van der Waals surface area contributed by atoms with Crippen LogP contribution in [-0.4, -0.2) is 42.3 Å². The number of hydrogen-bond acceptors (Lipinski definition) is 5. The molecule has 2 aliphatic rings. The van der Waals surface area contributed by atoms with Crippen molar-refractivity contribution in [1.29, 1.82) is 4.78 Å². The summed E-state index contributed by atoms with van der Waals surface area (Å²) < 4.78 is 102. The van der Waals surface area contributed by atoms with E-state index < -0.39 is 61.5 Å². The first-order valence-corrected chi connectivity index (χ1v) is 12.9. The monoisotopic (exact) mass is 539 g/mol. The number of hydrogen-bond donors (Lipinski definition) is 2. The number of rotatable bonds is 5. The average Bonchev–Trinajstić information content (AvgIpc) is 3.46. The summed E-state index contributed by atoms with van der Waals surface area (Å²) in [6, 6.07) is 2.01. The molecule has 8 nitrogen and oxygen atoms in total. The Labute approximate surface area is 201 Å². The van der Waals surface area contributed by atoms with Gasteiger partial charge in [0, 0.05) is 31.0 Å². The minimum atomic E-state index is -4.97. The Morgan fingerprint density at radius 3 is 2.39 bits per heavy atom. The van der Waals surface area contributed by atoms with Gasteiger partial charge in [-0.15, -0.1) is 0 Å². The lowest BCUT2D eigenvalue weighted by Gasteiger charge is -2.45. The molecule has 2 N–H and O–H groups in total. The second-order valence-corrected chi connectivity index (χ2v) is 11.9. The highest BCUT2D eigenvalue weighted by atomic mass is 32.2. The summed E-state index contributed by atoms with van der Waals surface area (Å²) >= 11 is 0. The highest BCUT2D eigenvalue weighted by Gasteiger charge is 2.54. The van der Waals surface area contributed by atoms with Gasteiger partial charge in [-0.1, -0.05) is 6.92 Å². The van der Waals surface area contributed by atoms with E-state index in [4.69, 9.17) is 4.78 Å². The van der Waals surface area contributed by atoms with E-state index >= 15 is 0 Å². The summed E-state index contributed by atoms with van der Waals surface area (Å²) in [4.78, 5) is 16.8. The molecule has 2 aliphatic carbocycles. The van der Waals surface area contributed by atoms with Crippen LogP contribution in [0, 0.1) is 16.1 Å². The maximum absolute atomic E-state index is 14.1. The van der Waals surface area contributed by atoms with Gasteiger partial charge in [0.05, 0.1) is 26.7 Å². The van der Waals surface area contributed by atoms with Crippen LogP contribution in [0.1, 0.15) is 60.3 Å². The molecule has 198 valence electrons. The van der Waals surface area contributed by atoms with Crippen LogP contribution in [0.2, 0.25) is 0 Å². The molecule has 2 heterocycles. The second kappa shape index (κ2) is 8.35. The summed E-state index contributed by atoms with van der Waals surface area (Å²) in [7, 11) is -3.48. The van der Waals surface area contributed by atoms with E-state index in [0.717, 1.165) is 29.3 Å². The van der Waals surface area contributed by atoms with Gasteiger partial charge in [-0.05, 0) is 37.2 Å². The number of carbonyl (C=O) groups is 1. The van der Waals surface area contributed by atoms with Crippen LogP contribution in [0.4, 0.5) is 26.3 Å². The van der Waals surface area contributed by atoms with Crippen LogP contribution in [-0.2, 0) is 22.5 Å². The number of pyridine rings is 1. The lowest BCUT2D eigenvalue weighted by molar-refractivity contribution is -0.221. The van der Waals surface area contributed by atoms with Crippen molar-refractivity contribution in [2.45, 2.75) is 62.4 Å². The van der Waals surface area contributed by atoms with E-state index in [1.165, 1.54) is 6.92 Å². The molecule has 2 aromatic heterocycles. The van der Waals surface area contributed by atoms with Gasteiger partial charge >= 0.3 is 12.4 Å². The van der Waals surface area contributed by atoms with E-state index in [9.17, 15) is 40.6 Å². The minimum Gasteiger partial charge on any atom is -0.428 e. The van der Waals surface area contributed by atoms with Crippen LogP contribution in [0.5, 0.6) is 0 Å². The number of carbonyl (C=O) groups excluding carboxylic acids is 1. The van der Waals surface area contributed by atoms with Crippen LogP contribution in [0.3, 0.4) is 0 Å². The van der Waals surface area contributed by atoms with Crippen LogP contribution < -0.4 is 5.36 Å². The third-order valence-electron chi connectivity index (χ3n) is 6.42. The molecule has 2 saturated carbocycles. The lowest BCUT2D eigenvalue weighted by atomic mass is 9.63. The molecule has 0 aliphatic heterocycles. The van der Waals surface area contributed by atoms with Crippen molar-refractivity contribution in [3.63, 3.8) is 0 Å². The summed E-state index contributed by atoms with van der Waals surface area (Å²) in [5.41, 5.74) is -3.50. The number of halogens is 6. The number of amides is 1. The Hall–Kier alpha value is -2.84. The molecular weight excluding hydrogens is 516 g/mol. The SMILES string of the molecule is CC1(Cn2nc(C3CC3)c(C(F)(F)F)c2C(=O)N=c2ccn(O)c(S(C)(=N)=O)c2)CC(C(F)(F)F)C1. The third kappa shape index (κ3) is 5.15. The van der Waals surface area contributed by atoms with Crippen LogP contribution >= 0.6 is 0 Å². The fraction of sp³-hybridized carbons (Fsp3) is 0.571. The molecule has 0 aromatic carbocycles. The number of nitrogens with one attached hydrogen (secondary N) is 1. The Kier molecular flexibility index (Phi) is 6.08. The largest absolute Gasteiger partial charge is 0.428 e. The first-order chi connectivity index (χ1) is 16.4. The molecule has 0 spiro atoms. The fourth-order valence-corrected chi connectivity index (χ4v) is 5.34. The van der Waals surface area contributed by atoms with Crippen molar-refractivity contribution in [3.8, 4) is 0 Å². The molecule has 1 atom stereocenters. The van der Waals surface area contributed by atoms with E-state index in [1.54, 1.807) is 0 Å². The van der Waals surface area contributed by atoms with Gasteiger partial charge in [0.2, 0.25) is 0 Å². The standard InChI is InChI=1S/C21H23F6N5O3S/c1-19(8-12(9-19)20(22,23)24)10-31-17(15(21(25,26)27)16(30-31)11-3-4-11)18(33)29-13-5-6-32(34)14(7-13)36(2,28)35/h5-7,11-12,28,34H,3-4,8-10H2,1-2H3. The van der Waals surface area contributed by atoms with Gasteiger partial charge < -0.3 is 5.21 Å². The van der Waals surface area contributed by atoms with E-state index in [2.05, 4.69) is 10.1 Å². The normalized spacial score (nSPS) is 24.9. The topological polar surface area (TPSA) is 113 Å². The zero-order valence-corrected chi connectivity index (χ0v) is 20.0. The molecule has 0 saturated heterocycles.